The predicted molar refractivity (Wildman–Crippen MR) is 96.7 cm³/mol. The van der Waals surface area contributed by atoms with Crippen molar-refractivity contribution in [2.75, 3.05) is 15.5 Å². The molecule has 0 aromatic heterocycles. The van der Waals surface area contributed by atoms with Gasteiger partial charge in [-0.15, -0.1) is 0 Å². The first kappa shape index (κ1) is 17.0. The minimum atomic E-state index is -0.921. The number of carbonyl (C=O) groups excluding carboxylic acids is 3. The smallest absolute Gasteiger partial charge is 0.248 e. The number of halogens is 1. The van der Waals surface area contributed by atoms with Crippen LogP contribution in [0.4, 0.5) is 17.1 Å². The molecule has 0 saturated heterocycles. The molecule has 25 heavy (non-hydrogen) atoms. The second-order valence-electron chi connectivity index (χ2n) is 5.64. The Morgan fingerprint density at radius 1 is 1.16 bits per heavy atom. The van der Waals surface area contributed by atoms with Crippen LogP contribution in [0.15, 0.2) is 48.5 Å². The van der Waals surface area contributed by atoms with Gasteiger partial charge >= 0.3 is 0 Å². The summed E-state index contributed by atoms with van der Waals surface area (Å²) >= 11 is 6.03. The Labute approximate surface area is 149 Å². The molecular weight excluding hydrogens is 342 g/mol. The molecule has 128 valence electrons. The minimum Gasteiger partial charge on any atom is -0.325 e. The minimum absolute atomic E-state index is 0.176. The lowest BCUT2D eigenvalue weighted by atomic mass is 10.0. The summed E-state index contributed by atoms with van der Waals surface area (Å²) in [6.45, 7) is 1.37. The first-order valence-corrected chi connectivity index (χ1v) is 8.09. The number of carbonyl (C=O) groups is 3. The molecule has 0 saturated carbocycles. The predicted octanol–water partition coefficient (Wildman–Crippen LogP) is 3.04. The van der Waals surface area contributed by atoms with Gasteiger partial charge in [0.1, 0.15) is 6.04 Å². The standard InChI is InChI=1S/C18H16ClN3O3/c1-11(23)22-15-9-5-4-8-14(15)21-18(25)16(22)10-17(24)20-13-7-3-2-6-12(13)19/h2-9,16H,10H2,1H3,(H,20,24)(H,21,25). The van der Waals surface area contributed by atoms with Crippen molar-refractivity contribution in [3.8, 4) is 0 Å². The van der Waals surface area contributed by atoms with Crippen molar-refractivity contribution in [2.24, 2.45) is 0 Å². The topological polar surface area (TPSA) is 78.5 Å². The van der Waals surface area contributed by atoms with E-state index in [0.29, 0.717) is 22.1 Å². The maximum atomic E-state index is 12.4. The van der Waals surface area contributed by atoms with Crippen molar-refractivity contribution in [3.05, 3.63) is 53.6 Å². The van der Waals surface area contributed by atoms with Gasteiger partial charge in [-0.05, 0) is 24.3 Å². The highest BCUT2D eigenvalue weighted by atomic mass is 35.5. The van der Waals surface area contributed by atoms with Crippen molar-refractivity contribution in [1.82, 2.24) is 0 Å². The van der Waals surface area contributed by atoms with Crippen LogP contribution >= 0.6 is 11.6 Å². The van der Waals surface area contributed by atoms with Crippen LogP contribution < -0.4 is 15.5 Å². The van der Waals surface area contributed by atoms with Crippen molar-refractivity contribution >= 4 is 46.4 Å². The monoisotopic (exact) mass is 357 g/mol. The lowest BCUT2D eigenvalue weighted by Gasteiger charge is -2.35. The molecule has 3 amide bonds. The van der Waals surface area contributed by atoms with Gasteiger partial charge in [-0.25, -0.2) is 0 Å². The summed E-state index contributed by atoms with van der Waals surface area (Å²) in [5.74, 6) is -1.11. The van der Waals surface area contributed by atoms with Gasteiger partial charge in [0.25, 0.3) is 0 Å². The van der Waals surface area contributed by atoms with Crippen LogP contribution in [0.1, 0.15) is 13.3 Å². The first-order valence-electron chi connectivity index (χ1n) is 7.71. The highest BCUT2D eigenvalue weighted by molar-refractivity contribution is 6.33. The second kappa shape index (κ2) is 6.94. The van der Waals surface area contributed by atoms with E-state index in [1.807, 2.05) is 0 Å². The number of hydrogen-bond donors (Lipinski definition) is 2. The van der Waals surface area contributed by atoms with E-state index in [2.05, 4.69) is 10.6 Å². The Kier molecular flexibility index (Phi) is 4.72. The van der Waals surface area contributed by atoms with Gasteiger partial charge in [-0.3, -0.25) is 19.3 Å². The Bertz CT molecular complexity index is 853. The summed E-state index contributed by atoms with van der Waals surface area (Å²) in [4.78, 5) is 38.2. The van der Waals surface area contributed by atoms with Crippen LogP contribution in [0.2, 0.25) is 5.02 Å². The van der Waals surface area contributed by atoms with E-state index in [9.17, 15) is 14.4 Å². The van der Waals surface area contributed by atoms with E-state index in [1.54, 1.807) is 48.5 Å². The van der Waals surface area contributed by atoms with Crippen LogP contribution in [-0.4, -0.2) is 23.8 Å². The molecule has 1 unspecified atom stereocenters. The molecule has 1 heterocycles. The van der Waals surface area contributed by atoms with Gasteiger partial charge in [0.05, 0.1) is 28.5 Å². The summed E-state index contributed by atoms with van der Waals surface area (Å²) < 4.78 is 0. The van der Waals surface area contributed by atoms with Crippen LogP contribution in [0.5, 0.6) is 0 Å². The number of benzene rings is 2. The molecule has 0 aliphatic carbocycles. The number of para-hydroxylation sites is 3. The number of hydrogen-bond acceptors (Lipinski definition) is 3. The van der Waals surface area contributed by atoms with Gasteiger partial charge in [0, 0.05) is 6.92 Å². The molecule has 0 radical (unpaired) electrons. The molecule has 6 nitrogen and oxygen atoms in total. The maximum absolute atomic E-state index is 12.4. The second-order valence-corrected chi connectivity index (χ2v) is 6.05. The van der Waals surface area contributed by atoms with E-state index < -0.39 is 17.9 Å². The Balaban J connectivity index is 1.83. The fourth-order valence-electron chi connectivity index (χ4n) is 2.80. The fraction of sp³-hybridized carbons (Fsp3) is 0.167. The largest absolute Gasteiger partial charge is 0.325 e. The van der Waals surface area contributed by atoms with Gasteiger partial charge in [-0.1, -0.05) is 35.9 Å². The normalized spacial score (nSPS) is 16.0. The Hall–Kier alpha value is -2.86. The highest BCUT2D eigenvalue weighted by Gasteiger charge is 2.36. The molecule has 2 aromatic carbocycles. The van der Waals surface area contributed by atoms with Crippen molar-refractivity contribution in [2.45, 2.75) is 19.4 Å². The van der Waals surface area contributed by atoms with E-state index in [-0.39, 0.29) is 12.3 Å². The van der Waals surface area contributed by atoms with E-state index in [0.717, 1.165) is 0 Å². The zero-order valence-electron chi connectivity index (χ0n) is 13.5. The number of fused-ring (bicyclic) bond motifs is 1. The number of nitrogens with one attached hydrogen (secondary N) is 2. The zero-order chi connectivity index (χ0) is 18.0. The number of anilines is 3. The molecule has 0 fully saturated rings. The molecule has 3 rings (SSSR count). The quantitative estimate of drug-likeness (QED) is 0.886. The molecule has 2 aromatic rings. The third-order valence-electron chi connectivity index (χ3n) is 3.90. The summed E-state index contributed by atoms with van der Waals surface area (Å²) in [5.41, 5.74) is 1.58. The molecule has 1 aliphatic heterocycles. The van der Waals surface area contributed by atoms with Gasteiger partial charge in [0.15, 0.2) is 0 Å². The van der Waals surface area contributed by atoms with Crippen molar-refractivity contribution < 1.29 is 14.4 Å². The SMILES string of the molecule is CC(=O)N1c2ccccc2NC(=O)C1CC(=O)Nc1ccccc1Cl. The maximum Gasteiger partial charge on any atom is 0.248 e. The van der Waals surface area contributed by atoms with Gasteiger partial charge in [-0.2, -0.15) is 0 Å². The fourth-order valence-corrected chi connectivity index (χ4v) is 2.99. The molecule has 7 heteroatoms. The van der Waals surface area contributed by atoms with E-state index >= 15 is 0 Å². The van der Waals surface area contributed by atoms with Crippen molar-refractivity contribution in [3.63, 3.8) is 0 Å². The number of rotatable bonds is 3. The number of amides is 3. The van der Waals surface area contributed by atoms with Crippen LogP contribution in [0.3, 0.4) is 0 Å². The highest BCUT2D eigenvalue weighted by Crippen LogP contribution is 2.33. The van der Waals surface area contributed by atoms with Crippen LogP contribution in [0.25, 0.3) is 0 Å². The summed E-state index contributed by atoms with van der Waals surface area (Å²) in [5, 5.41) is 5.81. The van der Waals surface area contributed by atoms with Crippen molar-refractivity contribution in [1.29, 1.82) is 0 Å². The summed E-state index contributed by atoms with van der Waals surface area (Å²) in [6, 6.07) is 12.9. The third kappa shape index (κ3) is 3.49. The van der Waals surface area contributed by atoms with E-state index in [1.165, 1.54) is 11.8 Å². The van der Waals surface area contributed by atoms with E-state index in [4.69, 9.17) is 11.6 Å². The zero-order valence-corrected chi connectivity index (χ0v) is 14.2. The Morgan fingerprint density at radius 2 is 1.84 bits per heavy atom. The van der Waals surface area contributed by atoms with Gasteiger partial charge < -0.3 is 10.6 Å². The summed E-state index contributed by atoms with van der Waals surface area (Å²) in [7, 11) is 0. The lowest BCUT2D eigenvalue weighted by molar-refractivity contribution is -0.125. The lowest BCUT2D eigenvalue weighted by Crippen LogP contribution is -2.51. The summed E-state index contributed by atoms with van der Waals surface area (Å²) in [6.07, 6.45) is -0.176. The Morgan fingerprint density at radius 3 is 2.56 bits per heavy atom. The molecular formula is C18H16ClN3O3. The third-order valence-corrected chi connectivity index (χ3v) is 4.23. The molecule has 2 N–H and O–H groups in total. The molecule has 1 atom stereocenters. The molecule has 1 aliphatic rings. The molecule has 0 spiro atoms. The van der Waals surface area contributed by atoms with Crippen LogP contribution in [-0.2, 0) is 14.4 Å². The average Bonchev–Trinajstić information content (AvgIpc) is 2.57. The molecule has 0 bridgehead atoms. The first-order chi connectivity index (χ1) is 12.0. The van der Waals surface area contributed by atoms with Gasteiger partial charge in [0.2, 0.25) is 17.7 Å². The average molecular weight is 358 g/mol. The number of nitrogens with zero attached hydrogens (tertiary/aromatic N) is 1. The van der Waals surface area contributed by atoms with Crippen LogP contribution in [0, 0.1) is 0 Å².